The number of hydrogen-bond donors (Lipinski definition) is 1. The Kier molecular flexibility index (Phi) is 7.47. The summed E-state index contributed by atoms with van der Waals surface area (Å²) in [7, 11) is 0. The molecule has 1 aromatic rings. The van der Waals surface area contributed by atoms with Gasteiger partial charge < -0.3 is 15.0 Å². The van der Waals surface area contributed by atoms with Crippen LogP contribution in [0.1, 0.15) is 19.8 Å². The first-order valence-corrected chi connectivity index (χ1v) is 7.06. The average Bonchev–Trinajstić information content (AvgIpc) is 2.45. The third-order valence-electron chi connectivity index (χ3n) is 3.45. The van der Waals surface area contributed by atoms with Crippen molar-refractivity contribution in [1.82, 2.24) is 10.2 Å². The molecule has 0 bridgehead atoms. The number of nitrogens with zero attached hydrogens (tertiary/aromatic N) is 1. The molecule has 1 atom stereocenters. The maximum Gasteiger partial charge on any atom is 0.223 e. The van der Waals surface area contributed by atoms with Crippen molar-refractivity contribution in [2.45, 2.75) is 25.8 Å². The number of carbonyl (C=O) groups excluding carboxylic acids is 1. The molecule has 1 unspecified atom stereocenters. The Hall–Kier alpha value is -1.33. The van der Waals surface area contributed by atoms with Crippen LogP contribution < -0.4 is 10.1 Å². The van der Waals surface area contributed by atoms with Crippen LogP contribution in [0.2, 0.25) is 0 Å². The molecule has 1 aliphatic heterocycles. The molecule has 0 spiro atoms. The maximum absolute atomic E-state index is 13.3. The van der Waals surface area contributed by atoms with Gasteiger partial charge >= 0.3 is 0 Å². The van der Waals surface area contributed by atoms with Gasteiger partial charge in [-0.3, -0.25) is 4.79 Å². The molecule has 1 heterocycles. The van der Waals surface area contributed by atoms with Crippen molar-refractivity contribution >= 4 is 18.3 Å². The summed E-state index contributed by atoms with van der Waals surface area (Å²) in [6, 6.07) is 6.55. The Bertz CT molecular complexity index is 459. The number of hydrogen-bond acceptors (Lipinski definition) is 3. The summed E-state index contributed by atoms with van der Waals surface area (Å²) in [5.41, 5.74) is 0. The van der Waals surface area contributed by atoms with Crippen LogP contribution in [0.3, 0.4) is 0 Å². The minimum atomic E-state index is -0.366. The fraction of sp³-hybridized carbons (Fsp3) is 0.533. The molecule has 1 aliphatic rings. The summed E-state index contributed by atoms with van der Waals surface area (Å²) in [4.78, 5) is 14.0. The molecule has 118 valence electrons. The lowest BCUT2D eigenvalue weighted by atomic mass is 10.2. The van der Waals surface area contributed by atoms with Gasteiger partial charge in [-0.15, -0.1) is 12.4 Å². The quantitative estimate of drug-likeness (QED) is 0.847. The largest absolute Gasteiger partial charge is 0.491 e. The van der Waals surface area contributed by atoms with Crippen LogP contribution in [0.25, 0.3) is 0 Å². The molecular formula is C15H22ClFN2O2. The normalized spacial score (nSPS) is 18.0. The number of piperazine rings is 1. The molecule has 6 heteroatoms. The van der Waals surface area contributed by atoms with Crippen molar-refractivity contribution in [2.75, 3.05) is 26.2 Å². The van der Waals surface area contributed by atoms with Gasteiger partial charge in [-0.25, -0.2) is 4.39 Å². The first kappa shape index (κ1) is 17.7. The number of rotatable bonds is 5. The van der Waals surface area contributed by atoms with Crippen molar-refractivity contribution in [3.8, 4) is 5.75 Å². The zero-order valence-corrected chi connectivity index (χ0v) is 13.0. The van der Waals surface area contributed by atoms with Crippen molar-refractivity contribution in [3.63, 3.8) is 0 Å². The molecule has 4 nitrogen and oxygen atoms in total. The molecule has 0 radical (unpaired) electrons. The monoisotopic (exact) mass is 316 g/mol. The summed E-state index contributed by atoms with van der Waals surface area (Å²) >= 11 is 0. The van der Waals surface area contributed by atoms with Gasteiger partial charge in [0.05, 0.1) is 6.61 Å². The summed E-state index contributed by atoms with van der Waals surface area (Å²) in [5.74, 6) is 0.0289. The smallest absolute Gasteiger partial charge is 0.223 e. The first-order valence-electron chi connectivity index (χ1n) is 7.06. The van der Waals surface area contributed by atoms with E-state index < -0.39 is 0 Å². The van der Waals surface area contributed by atoms with Crippen molar-refractivity contribution in [2.24, 2.45) is 0 Å². The molecule has 1 fully saturated rings. The molecule has 1 amide bonds. The van der Waals surface area contributed by atoms with Crippen molar-refractivity contribution < 1.29 is 13.9 Å². The molecule has 0 aliphatic carbocycles. The number of para-hydroxylation sites is 1. The predicted octanol–water partition coefficient (Wildman–Crippen LogP) is 2.23. The van der Waals surface area contributed by atoms with Gasteiger partial charge in [-0.2, -0.15) is 0 Å². The van der Waals surface area contributed by atoms with E-state index in [2.05, 4.69) is 5.32 Å². The highest BCUT2D eigenvalue weighted by Gasteiger charge is 2.22. The number of nitrogens with one attached hydrogen (secondary N) is 1. The average molecular weight is 317 g/mol. The minimum absolute atomic E-state index is 0. The Labute approximate surface area is 131 Å². The Balaban J connectivity index is 0.00000220. The lowest BCUT2D eigenvalue weighted by Crippen LogP contribution is -2.52. The second kappa shape index (κ2) is 8.85. The number of carbonyl (C=O) groups is 1. The highest BCUT2D eigenvalue weighted by molar-refractivity contribution is 5.85. The van der Waals surface area contributed by atoms with Crippen LogP contribution in [0.5, 0.6) is 5.75 Å². The number of ether oxygens (including phenoxy) is 1. The van der Waals surface area contributed by atoms with Gasteiger partial charge in [0, 0.05) is 32.1 Å². The Morgan fingerprint density at radius 1 is 1.48 bits per heavy atom. The first-order chi connectivity index (χ1) is 9.68. The van der Waals surface area contributed by atoms with Gasteiger partial charge in [0.1, 0.15) is 0 Å². The molecule has 1 saturated heterocycles. The molecule has 1 N–H and O–H groups in total. The van der Waals surface area contributed by atoms with E-state index in [0.717, 1.165) is 19.6 Å². The molecule has 1 aromatic carbocycles. The van der Waals surface area contributed by atoms with Gasteiger partial charge in [0.15, 0.2) is 11.6 Å². The molecule has 21 heavy (non-hydrogen) atoms. The zero-order valence-electron chi connectivity index (χ0n) is 12.2. The van der Waals surface area contributed by atoms with E-state index in [0.29, 0.717) is 19.4 Å². The van der Waals surface area contributed by atoms with Crippen LogP contribution in [0.4, 0.5) is 4.39 Å². The van der Waals surface area contributed by atoms with Gasteiger partial charge in [-0.05, 0) is 25.5 Å². The summed E-state index contributed by atoms with van der Waals surface area (Å²) in [5, 5.41) is 3.25. The van der Waals surface area contributed by atoms with Crippen molar-refractivity contribution in [1.29, 1.82) is 0 Å². The van der Waals surface area contributed by atoms with Crippen molar-refractivity contribution in [3.05, 3.63) is 30.1 Å². The molecular weight excluding hydrogens is 295 g/mol. The number of benzene rings is 1. The van der Waals surface area contributed by atoms with Crippen LogP contribution in [-0.2, 0) is 4.79 Å². The van der Waals surface area contributed by atoms with Gasteiger partial charge in [0.2, 0.25) is 5.91 Å². The molecule has 0 aromatic heterocycles. The fourth-order valence-electron chi connectivity index (χ4n) is 2.32. The van der Waals surface area contributed by atoms with Crippen LogP contribution in [0.15, 0.2) is 24.3 Å². The topological polar surface area (TPSA) is 41.6 Å². The maximum atomic E-state index is 13.3. The molecule has 2 rings (SSSR count). The second-order valence-corrected chi connectivity index (χ2v) is 5.02. The Morgan fingerprint density at radius 2 is 2.24 bits per heavy atom. The van der Waals surface area contributed by atoms with Crippen LogP contribution in [-0.4, -0.2) is 43.1 Å². The summed E-state index contributed by atoms with van der Waals surface area (Å²) in [6.07, 6.45) is 1.04. The van der Waals surface area contributed by atoms with E-state index in [1.165, 1.54) is 6.07 Å². The third kappa shape index (κ3) is 5.17. The summed E-state index contributed by atoms with van der Waals surface area (Å²) in [6.45, 7) is 4.85. The fourth-order valence-corrected chi connectivity index (χ4v) is 2.32. The predicted molar refractivity (Wildman–Crippen MR) is 82.4 cm³/mol. The SMILES string of the molecule is CC1CNCCN1C(=O)CCCOc1ccccc1F.Cl. The standard InChI is InChI=1S/C15H21FN2O2.ClH/c1-12-11-17-8-9-18(12)15(19)7-4-10-20-14-6-3-2-5-13(14)16;/h2-3,5-6,12,17H,4,7-11H2,1H3;1H. The van der Waals surface area contributed by atoms with E-state index in [1.54, 1.807) is 18.2 Å². The Morgan fingerprint density at radius 3 is 2.95 bits per heavy atom. The molecule has 0 saturated carbocycles. The minimum Gasteiger partial charge on any atom is -0.491 e. The van der Waals surface area contributed by atoms with E-state index in [9.17, 15) is 9.18 Å². The van der Waals surface area contributed by atoms with E-state index in [4.69, 9.17) is 4.74 Å². The lowest BCUT2D eigenvalue weighted by molar-refractivity contribution is -0.134. The van der Waals surface area contributed by atoms with E-state index in [-0.39, 0.29) is 35.9 Å². The number of amides is 1. The highest BCUT2D eigenvalue weighted by Crippen LogP contribution is 2.16. The van der Waals surface area contributed by atoms with Gasteiger partial charge in [-0.1, -0.05) is 12.1 Å². The van der Waals surface area contributed by atoms with Crippen LogP contribution in [0, 0.1) is 5.82 Å². The van der Waals surface area contributed by atoms with Gasteiger partial charge in [0.25, 0.3) is 0 Å². The number of halogens is 2. The summed E-state index contributed by atoms with van der Waals surface area (Å²) < 4.78 is 18.7. The van der Waals surface area contributed by atoms with Crippen LogP contribution >= 0.6 is 12.4 Å². The second-order valence-electron chi connectivity index (χ2n) is 5.02. The van der Waals surface area contributed by atoms with E-state index >= 15 is 0 Å². The lowest BCUT2D eigenvalue weighted by Gasteiger charge is -2.34. The highest BCUT2D eigenvalue weighted by atomic mass is 35.5. The van der Waals surface area contributed by atoms with E-state index in [1.807, 2.05) is 11.8 Å². The zero-order chi connectivity index (χ0) is 14.4. The third-order valence-corrected chi connectivity index (χ3v) is 3.45.